The second kappa shape index (κ2) is 10.8. The number of rotatable bonds is 6. The molecule has 0 aliphatic carbocycles. The molecule has 4 aromatic rings. The van der Waals surface area contributed by atoms with Gasteiger partial charge in [0.25, 0.3) is 5.91 Å². The van der Waals surface area contributed by atoms with Crippen LogP contribution in [0.1, 0.15) is 28.4 Å². The number of nitrogens with one attached hydrogen (secondary N) is 1. The Balaban J connectivity index is 1.19. The number of benzene rings is 4. The number of ether oxygens (including phenoxy) is 1. The molecular weight excluding hydrogens is 505 g/mol. The standard InChI is InChI=1S/C31H27F3N2O3/c1-20(25-17-36(18-25)30(38)39-19-21-6-3-2-4-7-21)35-29(37)24-12-15-28-23(16-24)8-5-9-27(28)22-10-13-26(14-11-22)31(32,33)34/h2-16,20,25H,17-19H2,1H3,(H,35,37). The van der Waals surface area contributed by atoms with Crippen LogP contribution in [0.3, 0.4) is 0 Å². The summed E-state index contributed by atoms with van der Waals surface area (Å²) >= 11 is 0. The van der Waals surface area contributed by atoms with Crippen LogP contribution in [0.25, 0.3) is 21.9 Å². The second-order valence-corrected chi connectivity index (χ2v) is 9.78. The molecule has 0 radical (unpaired) electrons. The highest BCUT2D eigenvalue weighted by Crippen LogP contribution is 2.33. The first-order chi connectivity index (χ1) is 18.7. The number of likely N-dealkylation sites (tertiary alicyclic amines) is 1. The van der Waals surface area contributed by atoms with E-state index in [1.165, 1.54) is 12.1 Å². The number of alkyl halides is 3. The predicted octanol–water partition coefficient (Wildman–Crippen LogP) is 6.91. The smallest absolute Gasteiger partial charge is 0.416 e. The molecule has 1 atom stereocenters. The third-order valence-corrected chi connectivity index (χ3v) is 7.10. The highest BCUT2D eigenvalue weighted by molar-refractivity contribution is 6.02. The van der Waals surface area contributed by atoms with Crippen LogP contribution >= 0.6 is 0 Å². The summed E-state index contributed by atoms with van der Waals surface area (Å²) in [5.74, 6) is -0.112. The Morgan fingerprint density at radius 3 is 2.36 bits per heavy atom. The summed E-state index contributed by atoms with van der Waals surface area (Å²) < 4.78 is 44.2. The zero-order chi connectivity index (χ0) is 27.6. The molecule has 5 nitrogen and oxygen atoms in total. The number of carbonyl (C=O) groups excluding carboxylic acids is 2. The van der Waals surface area contributed by atoms with Gasteiger partial charge in [0.2, 0.25) is 0 Å². The minimum Gasteiger partial charge on any atom is -0.445 e. The summed E-state index contributed by atoms with van der Waals surface area (Å²) in [6.07, 6.45) is -4.76. The summed E-state index contributed by atoms with van der Waals surface area (Å²) in [4.78, 5) is 26.9. The summed E-state index contributed by atoms with van der Waals surface area (Å²) in [6, 6.07) is 25.2. The average Bonchev–Trinajstić information content (AvgIpc) is 2.90. The molecule has 0 aromatic heterocycles. The molecule has 1 heterocycles. The van der Waals surface area contributed by atoms with Gasteiger partial charge in [0, 0.05) is 30.6 Å². The van der Waals surface area contributed by atoms with E-state index in [4.69, 9.17) is 4.74 Å². The number of amides is 2. The third kappa shape index (κ3) is 5.90. The van der Waals surface area contributed by atoms with Crippen LogP contribution in [0.2, 0.25) is 0 Å². The molecule has 5 rings (SSSR count). The summed E-state index contributed by atoms with van der Waals surface area (Å²) in [5, 5.41) is 4.67. The Labute approximate surface area is 224 Å². The molecular formula is C31H27F3N2O3. The molecule has 0 bridgehead atoms. The van der Waals surface area contributed by atoms with Gasteiger partial charge in [0.1, 0.15) is 6.61 Å². The van der Waals surface area contributed by atoms with Crippen molar-refractivity contribution in [3.8, 4) is 11.1 Å². The predicted molar refractivity (Wildman–Crippen MR) is 143 cm³/mol. The Morgan fingerprint density at radius 2 is 1.67 bits per heavy atom. The third-order valence-electron chi connectivity index (χ3n) is 7.10. The van der Waals surface area contributed by atoms with E-state index < -0.39 is 11.7 Å². The molecule has 39 heavy (non-hydrogen) atoms. The van der Waals surface area contributed by atoms with Crippen LogP contribution in [-0.2, 0) is 17.5 Å². The number of nitrogens with zero attached hydrogens (tertiary/aromatic N) is 1. The molecule has 4 aromatic carbocycles. The van der Waals surface area contributed by atoms with E-state index in [-0.39, 0.29) is 30.6 Å². The number of fused-ring (bicyclic) bond motifs is 1. The van der Waals surface area contributed by atoms with Crippen molar-refractivity contribution in [1.29, 1.82) is 0 Å². The van der Waals surface area contributed by atoms with Gasteiger partial charge in [-0.15, -0.1) is 0 Å². The Bertz CT molecular complexity index is 1480. The molecule has 1 aliphatic heterocycles. The first kappa shape index (κ1) is 26.3. The van der Waals surface area contributed by atoms with Gasteiger partial charge >= 0.3 is 12.3 Å². The molecule has 1 fully saturated rings. The van der Waals surface area contributed by atoms with Crippen molar-refractivity contribution < 1.29 is 27.5 Å². The summed E-state index contributed by atoms with van der Waals surface area (Å²) in [6.45, 7) is 3.14. The van der Waals surface area contributed by atoms with Gasteiger partial charge in [-0.25, -0.2) is 4.79 Å². The molecule has 1 saturated heterocycles. The minimum atomic E-state index is -4.39. The van der Waals surface area contributed by atoms with Gasteiger partial charge in [0.15, 0.2) is 0 Å². The second-order valence-electron chi connectivity index (χ2n) is 9.78. The van der Waals surface area contributed by atoms with Crippen molar-refractivity contribution in [1.82, 2.24) is 10.2 Å². The lowest BCUT2D eigenvalue weighted by Gasteiger charge is -2.41. The van der Waals surface area contributed by atoms with Gasteiger partial charge in [0.05, 0.1) is 5.56 Å². The van der Waals surface area contributed by atoms with Crippen LogP contribution < -0.4 is 5.32 Å². The molecule has 8 heteroatoms. The van der Waals surface area contributed by atoms with Gasteiger partial charge in [-0.1, -0.05) is 66.7 Å². The van der Waals surface area contributed by atoms with E-state index in [1.54, 1.807) is 17.0 Å². The Morgan fingerprint density at radius 1 is 0.949 bits per heavy atom. The van der Waals surface area contributed by atoms with Crippen molar-refractivity contribution in [3.63, 3.8) is 0 Å². The van der Waals surface area contributed by atoms with E-state index in [2.05, 4.69) is 5.32 Å². The summed E-state index contributed by atoms with van der Waals surface area (Å²) in [7, 11) is 0. The van der Waals surface area contributed by atoms with Gasteiger partial charge < -0.3 is 15.0 Å². The fourth-order valence-corrected chi connectivity index (χ4v) is 4.71. The van der Waals surface area contributed by atoms with Gasteiger partial charge in [-0.05, 0) is 58.7 Å². The van der Waals surface area contributed by atoms with Crippen molar-refractivity contribution in [2.24, 2.45) is 5.92 Å². The van der Waals surface area contributed by atoms with E-state index in [0.29, 0.717) is 24.2 Å². The maximum atomic E-state index is 13.0. The first-order valence-corrected chi connectivity index (χ1v) is 12.7. The maximum Gasteiger partial charge on any atom is 0.416 e. The van der Waals surface area contributed by atoms with E-state index in [0.717, 1.165) is 34.0 Å². The molecule has 1 N–H and O–H groups in total. The largest absolute Gasteiger partial charge is 0.445 e. The molecule has 1 aliphatic rings. The quantitative estimate of drug-likeness (QED) is 0.294. The molecule has 200 valence electrons. The zero-order valence-corrected chi connectivity index (χ0v) is 21.2. The normalized spacial score (nSPS) is 14.5. The molecule has 0 saturated carbocycles. The minimum absolute atomic E-state index is 0.116. The van der Waals surface area contributed by atoms with Crippen molar-refractivity contribution in [2.45, 2.75) is 25.7 Å². The average molecular weight is 533 g/mol. The van der Waals surface area contributed by atoms with Crippen LogP contribution in [0.15, 0.2) is 91.0 Å². The molecule has 2 amide bonds. The molecule has 1 unspecified atom stereocenters. The van der Waals surface area contributed by atoms with E-state index in [1.807, 2.05) is 61.5 Å². The Hall–Kier alpha value is -4.33. The van der Waals surface area contributed by atoms with E-state index in [9.17, 15) is 22.8 Å². The van der Waals surface area contributed by atoms with E-state index >= 15 is 0 Å². The monoisotopic (exact) mass is 532 g/mol. The maximum absolute atomic E-state index is 13.0. The van der Waals surface area contributed by atoms with Gasteiger partial charge in [-0.2, -0.15) is 13.2 Å². The van der Waals surface area contributed by atoms with Crippen molar-refractivity contribution >= 4 is 22.8 Å². The SMILES string of the molecule is CC(NC(=O)c1ccc2c(-c3ccc(C(F)(F)F)cc3)cccc2c1)C1CN(C(=O)OCc2ccccc2)C1. The molecule has 0 spiro atoms. The van der Waals surface area contributed by atoms with Crippen LogP contribution in [0.5, 0.6) is 0 Å². The number of hydrogen-bond acceptors (Lipinski definition) is 3. The highest BCUT2D eigenvalue weighted by Gasteiger charge is 2.36. The van der Waals surface area contributed by atoms with Gasteiger partial charge in [-0.3, -0.25) is 4.79 Å². The highest BCUT2D eigenvalue weighted by atomic mass is 19.4. The number of carbonyl (C=O) groups is 2. The Kier molecular flexibility index (Phi) is 7.28. The first-order valence-electron chi connectivity index (χ1n) is 12.7. The summed E-state index contributed by atoms with van der Waals surface area (Å²) in [5.41, 5.74) is 2.16. The lowest BCUT2D eigenvalue weighted by Crippen LogP contribution is -2.57. The van der Waals surface area contributed by atoms with Crippen molar-refractivity contribution in [3.05, 3.63) is 108 Å². The fraction of sp³-hybridized carbons (Fsp3) is 0.226. The van der Waals surface area contributed by atoms with Crippen LogP contribution in [0, 0.1) is 5.92 Å². The lowest BCUT2D eigenvalue weighted by atomic mass is 9.92. The van der Waals surface area contributed by atoms with Crippen molar-refractivity contribution in [2.75, 3.05) is 13.1 Å². The van der Waals surface area contributed by atoms with Crippen LogP contribution in [0.4, 0.5) is 18.0 Å². The zero-order valence-electron chi connectivity index (χ0n) is 21.2. The number of hydrogen-bond donors (Lipinski definition) is 1. The van der Waals surface area contributed by atoms with Crippen LogP contribution in [-0.4, -0.2) is 36.0 Å². The number of halogens is 3. The fourth-order valence-electron chi connectivity index (χ4n) is 4.71. The topological polar surface area (TPSA) is 58.6 Å². The lowest BCUT2D eigenvalue weighted by molar-refractivity contribution is -0.137.